The van der Waals surface area contributed by atoms with E-state index in [0.717, 1.165) is 11.6 Å². The van der Waals surface area contributed by atoms with Crippen LogP contribution < -0.4 is 10.5 Å². The summed E-state index contributed by atoms with van der Waals surface area (Å²) in [5.74, 6) is -1.30. The summed E-state index contributed by atoms with van der Waals surface area (Å²) in [4.78, 5) is 0. The molecule has 19 heavy (non-hydrogen) atoms. The van der Waals surface area contributed by atoms with Crippen molar-refractivity contribution in [3.63, 3.8) is 0 Å². The van der Waals surface area contributed by atoms with Gasteiger partial charge < -0.3 is 10.5 Å². The fourth-order valence-corrected chi connectivity index (χ4v) is 1.84. The molecule has 0 bridgehead atoms. The van der Waals surface area contributed by atoms with Crippen molar-refractivity contribution in [3.8, 4) is 5.75 Å². The van der Waals surface area contributed by atoms with Crippen LogP contribution in [-0.4, -0.2) is 6.54 Å². The first-order valence-electron chi connectivity index (χ1n) is 6.07. The lowest BCUT2D eigenvalue weighted by Crippen LogP contribution is -2.13. The number of hydrogen-bond acceptors (Lipinski definition) is 2. The summed E-state index contributed by atoms with van der Waals surface area (Å²) in [6.45, 7) is 0.419. The second kappa shape index (κ2) is 6.29. The Morgan fingerprint density at radius 3 is 2.42 bits per heavy atom. The van der Waals surface area contributed by atoms with E-state index in [4.69, 9.17) is 10.5 Å². The van der Waals surface area contributed by atoms with Gasteiger partial charge in [-0.1, -0.05) is 30.3 Å². The normalized spacial score (nSPS) is 12.2. The predicted molar refractivity (Wildman–Crippen MR) is 69.8 cm³/mol. The molecule has 4 heteroatoms. The molecule has 0 aliphatic rings. The van der Waals surface area contributed by atoms with Crippen molar-refractivity contribution in [1.82, 2.24) is 0 Å². The van der Waals surface area contributed by atoms with Gasteiger partial charge in [-0.05, 0) is 24.2 Å². The topological polar surface area (TPSA) is 35.2 Å². The van der Waals surface area contributed by atoms with Crippen LogP contribution in [0.4, 0.5) is 8.78 Å². The Bertz CT molecular complexity index is 531. The highest BCUT2D eigenvalue weighted by Gasteiger charge is 2.15. The summed E-state index contributed by atoms with van der Waals surface area (Å²) >= 11 is 0. The van der Waals surface area contributed by atoms with Gasteiger partial charge in [-0.25, -0.2) is 8.78 Å². The Hall–Kier alpha value is -1.94. The minimum absolute atomic E-state index is 0.0312. The molecule has 0 spiro atoms. The molecule has 2 nitrogen and oxygen atoms in total. The van der Waals surface area contributed by atoms with Crippen LogP contribution in [0.25, 0.3) is 0 Å². The Morgan fingerprint density at radius 1 is 1.05 bits per heavy atom. The average molecular weight is 263 g/mol. The smallest absolute Gasteiger partial charge is 0.168 e. The van der Waals surface area contributed by atoms with E-state index in [0.29, 0.717) is 13.0 Å². The molecule has 100 valence electrons. The number of nitrogens with two attached hydrogens (primary N) is 1. The molecule has 0 heterocycles. The summed E-state index contributed by atoms with van der Waals surface area (Å²) in [6, 6.07) is 12.7. The van der Waals surface area contributed by atoms with Crippen molar-refractivity contribution in [2.75, 3.05) is 6.54 Å². The van der Waals surface area contributed by atoms with Crippen LogP contribution in [0.3, 0.4) is 0 Å². The first-order chi connectivity index (χ1) is 9.20. The molecule has 0 aliphatic carbocycles. The van der Waals surface area contributed by atoms with E-state index < -0.39 is 11.6 Å². The Labute approximate surface area is 110 Å². The van der Waals surface area contributed by atoms with Gasteiger partial charge in [-0.3, -0.25) is 0 Å². The van der Waals surface area contributed by atoms with E-state index in [1.807, 2.05) is 30.3 Å². The van der Waals surface area contributed by atoms with E-state index in [2.05, 4.69) is 0 Å². The lowest BCUT2D eigenvalue weighted by atomic mass is 10.1. The van der Waals surface area contributed by atoms with Crippen LogP contribution >= 0.6 is 0 Å². The largest absolute Gasteiger partial charge is 0.483 e. The minimum Gasteiger partial charge on any atom is -0.483 e. The van der Waals surface area contributed by atoms with Gasteiger partial charge in [0, 0.05) is 12.5 Å². The zero-order valence-electron chi connectivity index (χ0n) is 10.4. The summed E-state index contributed by atoms with van der Waals surface area (Å²) in [6.07, 6.45) is 0.215. The van der Waals surface area contributed by atoms with Crippen LogP contribution in [0.1, 0.15) is 18.1 Å². The maximum atomic E-state index is 13.6. The number of hydrogen-bond donors (Lipinski definition) is 1. The number of halogens is 2. The third-order valence-electron chi connectivity index (χ3n) is 2.76. The van der Waals surface area contributed by atoms with Crippen LogP contribution in [0.5, 0.6) is 5.75 Å². The quantitative estimate of drug-likeness (QED) is 0.897. The number of ether oxygens (including phenoxy) is 1. The molecule has 2 N–H and O–H groups in total. The summed E-state index contributed by atoms with van der Waals surface area (Å²) in [5, 5.41) is 0. The van der Waals surface area contributed by atoms with Crippen LogP contribution in [-0.2, 0) is 0 Å². The molecule has 0 radical (unpaired) electrons. The molecule has 0 saturated heterocycles. The fraction of sp³-hybridized carbons (Fsp3) is 0.200. The highest BCUT2D eigenvalue weighted by molar-refractivity contribution is 5.27. The van der Waals surface area contributed by atoms with Crippen molar-refractivity contribution in [3.05, 3.63) is 65.7 Å². The molecule has 1 unspecified atom stereocenters. The molecule has 0 amide bonds. The van der Waals surface area contributed by atoms with E-state index in [1.165, 1.54) is 12.1 Å². The Balaban J connectivity index is 2.21. The maximum Gasteiger partial charge on any atom is 0.168 e. The van der Waals surface area contributed by atoms with Crippen molar-refractivity contribution in [2.24, 2.45) is 5.73 Å². The predicted octanol–water partition coefficient (Wildman–Crippen LogP) is 3.43. The van der Waals surface area contributed by atoms with Gasteiger partial charge >= 0.3 is 0 Å². The Kier molecular flexibility index (Phi) is 4.47. The molecule has 0 saturated carbocycles. The third kappa shape index (κ3) is 3.51. The van der Waals surface area contributed by atoms with Gasteiger partial charge in [-0.2, -0.15) is 0 Å². The summed E-state index contributed by atoms with van der Waals surface area (Å²) < 4.78 is 32.0. The van der Waals surface area contributed by atoms with Crippen molar-refractivity contribution in [1.29, 1.82) is 0 Å². The zero-order chi connectivity index (χ0) is 13.7. The molecule has 1 atom stereocenters. The second-order valence-electron chi connectivity index (χ2n) is 4.17. The van der Waals surface area contributed by atoms with E-state index in [-0.39, 0.29) is 11.9 Å². The standard InChI is InChI=1S/C15H15F2NO/c16-12-6-7-15(13(17)10-12)19-14(8-9-18)11-4-2-1-3-5-11/h1-7,10,14H,8-9,18H2. The second-order valence-corrected chi connectivity index (χ2v) is 4.17. The van der Waals surface area contributed by atoms with Gasteiger partial charge in [0.25, 0.3) is 0 Å². The van der Waals surface area contributed by atoms with Gasteiger partial charge in [0.1, 0.15) is 11.9 Å². The zero-order valence-corrected chi connectivity index (χ0v) is 10.4. The van der Waals surface area contributed by atoms with Crippen molar-refractivity contribution < 1.29 is 13.5 Å². The molecule has 2 aromatic carbocycles. The van der Waals surface area contributed by atoms with Crippen molar-refractivity contribution in [2.45, 2.75) is 12.5 Å². The van der Waals surface area contributed by atoms with Gasteiger partial charge in [0.2, 0.25) is 0 Å². The average Bonchev–Trinajstić information content (AvgIpc) is 2.42. The van der Waals surface area contributed by atoms with Crippen LogP contribution in [0.2, 0.25) is 0 Å². The molecular formula is C15H15F2NO. The first-order valence-corrected chi connectivity index (χ1v) is 6.07. The SMILES string of the molecule is NCCC(Oc1ccc(F)cc1F)c1ccccc1. The lowest BCUT2D eigenvalue weighted by molar-refractivity contribution is 0.188. The van der Waals surface area contributed by atoms with Gasteiger partial charge in [-0.15, -0.1) is 0 Å². The molecule has 0 aromatic heterocycles. The minimum atomic E-state index is -0.710. The van der Waals surface area contributed by atoms with Gasteiger partial charge in [0.15, 0.2) is 11.6 Å². The first kappa shape index (κ1) is 13.5. The molecular weight excluding hydrogens is 248 g/mol. The fourth-order valence-electron chi connectivity index (χ4n) is 1.84. The Morgan fingerprint density at radius 2 is 1.79 bits per heavy atom. The molecule has 0 fully saturated rings. The molecule has 0 aliphatic heterocycles. The monoisotopic (exact) mass is 263 g/mol. The van der Waals surface area contributed by atoms with Crippen LogP contribution in [0, 0.1) is 11.6 Å². The van der Waals surface area contributed by atoms with Crippen LogP contribution in [0.15, 0.2) is 48.5 Å². The molecule has 2 rings (SSSR count). The van der Waals surface area contributed by atoms with E-state index in [9.17, 15) is 8.78 Å². The summed E-state index contributed by atoms with van der Waals surface area (Å²) in [5.41, 5.74) is 6.46. The highest BCUT2D eigenvalue weighted by atomic mass is 19.1. The maximum absolute atomic E-state index is 13.6. The van der Waals surface area contributed by atoms with Crippen molar-refractivity contribution >= 4 is 0 Å². The number of rotatable bonds is 5. The lowest BCUT2D eigenvalue weighted by Gasteiger charge is -2.19. The third-order valence-corrected chi connectivity index (χ3v) is 2.76. The highest BCUT2D eigenvalue weighted by Crippen LogP contribution is 2.26. The van der Waals surface area contributed by atoms with E-state index in [1.54, 1.807) is 0 Å². The van der Waals surface area contributed by atoms with E-state index >= 15 is 0 Å². The number of benzene rings is 2. The van der Waals surface area contributed by atoms with Gasteiger partial charge in [0.05, 0.1) is 0 Å². The summed E-state index contributed by atoms with van der Waals surface area (Å²) in [7, 11) is 0. The molecule has 2 aromatic rings.